The Kier molecular flexibility index (Phi) is 6.66. The van der Waals surface area contributed by atoms with Crippen molar-refractivity contribution in [2.75, 3.05) is 14.2 Å². The van der Waals surface area contributed by atoms with Crippen molar-refractivity contribution in [1.82, 2.24) is 5.32 Å². The van der Waals surface area contributed by atoms with E-state index in [-0.39, 0.29) is 11.9 Å². The minimum absolute atomic E-state index is 0.233. The van der Waals surface area contributed by atoms with E-state index in [0.29, 0.717) is 23.5 Å². The third-order valence-corrected chi connectivity index (χ3v) is 3.79. The Morgan fingerprint density at radius 2 is 1.95 bits per heavy atom. The Morgan fingerprint density at radius 1 is 1.29 bits per heavy atom. The first-order valence-electron chi connectivity index (χ1n) is 7.75. The highest BCUT2D eigenvalue weighted by atomic mass is 19.1. The molecule has 2 atom stereocenters. The Morgan fingerprint density at radius 3 is 2.48 bits per heavy atom. The maximum atomic E-state index is 14.2. The summed E-state index contributed by atoms with van der Waals surface area (Å²) < 4.78 is 19.3. The molecule has 21 heavy (non-hydrogen) atoms. The summed E-state index contributed by atoms with van der Waals surface area (Å²) in [7, 11) is 3.45. The van der Waals surface area contributed by atoms with Gasteiger partial charge in [0.05, 0.1) is 7.11 Å². The molecule has 0 fully saturated rings. The van der Waals surface area contributed by atoms with Crippen molar-refractivity contribution in [1.29, 1.82) is 0 Å². The first kappa shape index (κ1) is 18.0. The van der Waals surface area contributed by atoms with Gasteiger partial charge in [-0.05, 0) is 49.3 Å². The van der Waals surface area contributed by atoms with Gasteiger partial charge in [-0.1, -0.05) is 39.8 Å². The molecule has 0 aliphatic carbocycles. The van der Waals surface area contributed by atoms with Gasteiger partial charge >= 0.3 is 0 Å². The van der Waals surface area contributed by atoms with Crippen LogP contribution in [0, 0.1) is 17.2 Å². The predicted molar refractivity (Wildman–Crippen MR) is 87.4 cm³/mol. The fourth-order valence-electron chi connectivity index (χ4n) is 3.05. The molecule has 0 saturated carbocycles. The Bertz CT molecular complexity index is 439. The predicted octanol–water partition coefficient (Wildman–Crippen LogP) is 4.43. The largest absolute Gasteiger partial charge is 0.494 e. The van der Waals surface area contributed by atoms with E-state index in [2.05, 4.69) is 33.0 Å². The molecule has 120 valence electrons. The molecule has 1 aromatic rings. The topological polar surface area (TPSA) is 21.3 Å². The van der Waals surface area contributed by atoms with Crippen LogP contribution in [0.2, 0.25) is 0 Å². The number of hydrogen-bond acceptors (Lipinski definition) is 2. The number of methoxy groups -OCH3 is 1. The van der Waals surface area contributed by atoms with Crippen LogP contribution in [0.4, 0.5) is 4.39 Å². The van der Waals surface area contributed by atoms with Gasteiger partial charge in [-0.3, -0.25) is 0 Å². The maximum Gasteiger partial charge on any atom is 0.168 e. The van der Waals surface area contributed by atoms with Crippen LogP contribution in [0.3, 0.4) is 0 Å². The highest BCUT2D eigenvalue weighted by Gasteiger charge is 2.20. The van der Waals surface area contributed by atoms with Gasteiger partial charge in [-0.2, -0.15) is 0 Å². The number of halogens is 1. The van der Waals surface area contributed by atoms with E-state index < -0.39 is 0 Å². The van der Waals surface area contributed by atoms with Gasteiger partial charge in [-0.15, -0.1) is 0 Å². The zero-order valence-corrected chi connectivity index (χ0v) is 14.3. The van der Waals surface area contributed by atoms with E-state index in [1.165, 1.54) is 13.5 Å². The van der Waals surface area contributed by atoms with Crippen molar-refractivity contribution in [2.45, 2.75) is 53.0 Å². The number of hydrogen-bond donors (Lipinski definition) is 1. The average molecular weight is 295 g/mol. The molecule has 0 bridgehead atoms. The van der Waals surface area contributed by atoms with Gasteiger partial charge in [0.25, 0.3) is 0 Å². The number of rotatable bonds is 7. The lowest BCUT2D eigenvalue weighted by Gasteiger charge is -2.27. The van der Waals surface area contributed by atoms with E-state index in [1.54, 1.807) is 6.07 Å². The van der Waals surface area contributed by atoms with Gasteiger partial charge in [0.15, 0.2) is 11.6 Å². The quantitative estimate of drug-likeness (QED) is 0.803. The maximum absolute atomic E-state index is 14.2. The minimum Gasteiger partial charge on any atom is -0.494 e. The van der Waals surface area contributed by atoms with Crippen molar-refractivity contribution in [3.63, 3.8) is 0 Å². The van der Waals surface area contributed by atoms with Gasteiger partial charge in [0.1, 0.15) is 0 Å². The number of ether oxygens (including phenoxy) is 1. The summed E-state index contributed by atoms with van der Waals surface area (Å²) in [5.41, 5.74) is 1.05. The van der Waals surface area contributed by atoms with E-state index >= 15 is 0 Å². The SMILES string of the molecule is CNC(Cc1cccc(OC)c1F)CC(C)CC(C)(C)C. The minimum atomic E-state index is -0.233. The second-order valence-corrected chi connectivity index (χ2v) is 7.23. The summed E-state index contributed by atoms with van der Waals surface area (Å²) in [6.07, 6.45) is 2.91. The molecule has 1 N–H and O–H groups in total. The fraction of sp³-hybridized carbons (Fsp3) is 0.667. The van der Waals surface area contributed by atoms with Crippen molar-refractivity contribution >= 4 is 0 Å². The second-order valence-electron chi connectivity index (χ2n) is 7.23. The molecule has 0 radical (unpaired) electrons. The molecule has 0 saturated heterocycles. The van der Waals surface area contributed by atoms with Gasteiger partial charge in [-0.25, -0.2) is 4.39 Å². The monoisotopic (exact) mass is 295 g/mol. The zero-order chi connectivity index (χ0) is 16.0. The average Bonchev–Trinajstić information content (AvgIpc) is 2.38. The molecule has 0 spiro atoms. The van der Waals surface area contributed by atoms with Crippen LogP contribution < -0.4 is 10.1 Å². The van der Waals surface area contributed by atoms with Crippen molar-refractivity contribution in [2.24, 2.45) is 11.3 Å². The lowest BCUT2D eigenvalue weighted by Crippen LogP contribution is -2.30. The van der Waals surface area contributed by atoms with Crippen LogP contribution in [0.15, 0.2) is 18.2 Å². The van der Waals surface area contributed by atoms with Crippen LogP contribution in [-0.4, -0.2) is 20.2 Å². The van der Waals surface area contributed by atoms with Crippen molar-refractivity contribution in [3.05, 3.63) is 29.6 Å². The Balaban J connectivity index is 2.70. The summed E-state index contributed by atoms with van der Waals surface area (Å²) >= 11 is 0. The standard InChI is InChI=1S/C18H30FNO/c1-13(12-18(2,3)4)10-15(20-5)11-14-8-7-9-16(21-6)17(14)19/h7-9,13,15,20H,10-12H2,1-6H3. The molecule has 1 aromatic carbocycles. The summed E-state index contributed by atoms with van der Waals surface area (Å²) in [6, 6.07) is 5.64. The van der Waals surface area contributed by atoms with E-state index in [1.807, 2.05) is 19.2 Å². The lowest BCUT2D eigenvalue weighted by molar-refractivity contribution is 0.276. The molecular formula is C18H30FNO. The molecule has 1 rings (SSSR count). The molecular weight excluding hydrogens is 265 g/mol. The van der Waals surface area contributed by atoms with Crippen LogP contribution >= 0.6 is 0 Å². The molecule has 0 heterocycles. The molecule has 2 unspecified atom stereocenters. The number of benzene rings is 1. The highest BCUT2D eigenvalue weighted by Crippen LogP contribution is 2.28. The van der Waals surface area contributed by atoms with Crippen LogP contribution in [0.5, 0.6) is 5.75 Å². The normalized spacial score (nSPS) is 14.8. The first-order chi connectivity index (χ1) is 9.76. The molecule has 0 aromatic heterocycles. The Hall–Kier alpha value is -1.09. The third kappa shape index (κ3) is 6.04. The van der Waals surface area contributed by atoms with E-state index in [9.17, 15) is 4.39 Å². The summed E-state index contributed by atoms with van der Waals surface area (Å²) in [4.78, 5) is 0. The molecule has 3 heteroatoms. The summed E-state index contributed by atoms with van der Waals surface area (Å²) in [6.45, 7) is 9.07. The highest BCUT2D eigenvalue weighted by molar-refractivity contribution is 5.31. The molecule has 2 nitrogen and oxygen atoms in total. The lowest BCUT2D eigenvalue weighted by atomic mass is 9.82. The van der Waals surface area contributed by atoms with E-state index in [0.717, 1.165) is 12.0 Å². The second kappa shape index (κ2) is 7.79. The Labute approximate surface area is 129 Å². The molecule has 0 amide bonds. The first-order valence-corrected chi connectivity index (χ1v) is 7.75. The van der Waals surface area contributed by atoms with Gasteiger partial charge in [0.2, 0.25) is 0 Å². The van der Waals surface area contributed by atoms with Crippen molar-refractivity contribution in [3.8, 4) is 5.75 Å². The van der Waals surface area contributed by atoms with E-state index in [4.69, 9.17) is 4.74 Å². The molecule has 0 aliphatic rings. The van der Waals surface area contributed by atoms with Gasteiger partial charge < -0.3 is 10.1 Å². The third-order valence-electron chi connectivity index (χ3n) is 3.79. The van der Waals surface area contributed by atoms with Gasteiger partial charge in [0, 0.05) is 6.04 Å². The smallest absolute Gasteiger partial charge is 0.168 e. The number of nitrogens with one attached hydrogen (secondary N) is 1. The summed E-state index contributed by atoms with van der Waals surface area (Å²) in [5.74, 6) is 0.699. The molecule has 0 aliphatic heterocycles. The van der Waals surface area contributed by atoms with Crippen LogP contribution in [0.1, 0.15) is 46.1 Å². The van der Waals surface area contributed by atoms with Crippen molar-refractivity contribution < 1.29 is 9.13 Å². The van der Waals surface area contributed by atoms with Crippen LogP contribution in [0.25, 0.3) is 0 Å². The fourth-order valence-corrected chi connectivity index (χ4v) is 3.05. The zero-order valence-electron chi connectivity index (χ0n) is 14.3. The number of likely N-dealkylation sites (N-methyl/N-ethyl adjacent to an activating group) is 1. The summed E-state index contributed by atoms with van der Waals surface area (Å²) in [5, 5.41) is 3.32. The van der Waals surface area contributed by atoms with Crippen LogP contribution in [-0.2, 0) is 6.42 Å².